The molecule has 0 aromatic carbocycles. The van der Waals surface area contributed by atoms with Crippen molar-refractivity contribution in [3.05, 3.63) is 24.0 Å². The van der Waals surface area contributed by atoms with Crippen molar-refractivity contribution in [3.63, 3.8) is 0 Å². The predicted molar refractivity (Wildman–Crippen MR) is 39.5 cm³/mol. The molecule has 8 heteroatoms. The van der Waals surface area contributed by atoms with E-state index in [1.165, 1.54) is 0 Å². The topological polar surface area (TPSA) is 36.0 Å². The fourth-order valence-corrected chi connectivity index (χ4v) is 1.68. The van der Waals surface area contributed by atoms with Crippen LogP contribution in [0, 0.1) is 0 Å². The minimum Gasteiger partial charge on any atom is -0.373 e. The highest BCUT2D eigenvalue weighted by molar-refractivity contribution is 5.35. The molecular weight excluding hydrogens is 240 g/mol. The molecule has 0 aliphatic heterocycles. The standard InChI is InChI=1S/C8H5F6NO/c9-6(10)5(16,4-2-1-3-15-4)7(11,12)8(6,13)14/h1-3,15-16H. The van der Waals surface area contributed by atoms with E-state index in [0.717, 1.165) is 12.3 Å². The van der Waals surface area contributed by atoms with E-state index < -0.39 is 29.1 Å². The molecule has 90 valence electrons. The Balaban J connectivity index is 2.59. The lowest BCUT2D eigenvalue weighted by Crippen LogP contribution is -2.84. The Morgan fingerprint density at radius 3 is 1.81 bits per heavy atom. The van der Waals surface area contributed by atoms with Gasteiger partial charge in [0.15, 0.2) is 0 Å². The molecule has 1 aromatic rings. The molecular formula is C8H5F6NO. The highest BCUT2D eigenvalue weighted by Crippen LogP contribution is 2.70. The first-order valence-corrected chi connectivity index (χ1v) is 4.10. The van der Waals surface area contributed by atoms with Gasteiger partial charge >= 0.3 is 17.8 Å². The maximum absolute atomic E-state index is 12.9. The summed E-state index contributed by atoms with van der Waals surface area (Å²) in [5.41, 5.74) is -5.25. The van der Waals surface area contributed by atoms with Crippen LogP contribution >= 0.6 is 0 Å². The van der Waals surface area contributed by atoms with Crippen LogP contribution in [0.25, 0.3) is 0 Å². The van der Waals surface area contributed by atoms with Gasteiger partial charge in [0.05, 0.1) is 5.69 Å². The van der Waals surface area contributed by atoms with Crippen LogP contribution < -0.4 is 0 Å². The van der Waals surface area contributed by atoms with E-state index in [1.807, 2.05) is 4.98 Å². The molecule has 0 radical (unpaired) electrons. The van der Waals surface area contributed by atoms with Crippen molar-refractivity contribution < 1.29 is 31.4 Å². The van der Waals surface area contributed by atoms with Gasteiger partial charge in [0, 0.05) is 6.20 Å². The number of H-pyrrole nitrogens is 1. The first-order valence-electron chi connectivity index (χ1n) is 4.10. The first kappa shape index (κ1) is 11.3. The summed E-state index contributed by atoms with van der Waals surface area (Å²) in [7, 11) is 0. The molecule has 0 unspecified atom stereocenters. The third-order valence-electron chi connectivity index (χ3n) is 2.69. The molecule has 2 N–H and O–H groups in total. The number of aromatic nitrogens is 1. The average molecular weight is 245 g/mol. The summed E-state index contributed by atoms with van der Waals surface area (Å²) in [6, 6.07) is 1.73. The number of aromatic amines is 1. The van der Waals surface area contributed by atoms with Crippen LogP contribution in [0.2, 0.25) is 0 Å². The Morgan fingerprint density at radius 2 is 1.44 bits per heavy atom. The van der Waals surface area contributed by atoms with E-state index in [9.17, 15) is 26.3 Å². The first-order chi connectivity index (χ1) is 7.11. The fraction of sp³-hybridized carbons (Fsp3) is 0.500. The van der Waals surface area contributed by atoms with Gasteiger partial charge in [0.2, 0.25) is 5.60 Å². The summed E-state index contributed by atoms with van der Waals surface area (Å²) in [6.07, 6.45) is 0.968. The lowest BCUT2D eigenvalue weighted by Gasteiger charge is -2.55. The molecule has 2 nitrogen and oxygen atoms in total. The summed E-state index contributed by atoms with van der Waals surface area (Å²) in [5.74, 6) is -16.0. The molecule has 0 amide bonds. The monoisotopic (exact) mass is 245 g/mol. The fourth-order valence-electron chi connectivity index (χ4n) is 1.68. The Morgan fingerprint density at radius 1 is 0.938 bits per heavy atom. The minimum atomic E-state index is -5.57. The van der Waals surface area contributed by atoms with Crippen LogP contribution in [-0.2, 0) is 5.60 Å². The van der Waals surface area contributed by atoms with Gasteiger partial charge in [-0.2, -0.15) is 26.3 Å². The zero-order valence-electron chi connectivity index (χ0n) is 7.45. The molecule has 2 rings (SSSR count). The zero-order chi connectivity index (χ0) is 12.4. The van der Waals surface area contributed by atoms with Crippen molar-refractivity contribution in [2.24, 2.45) is 0 Å². The number of alkyl halides is 6. The van der Waals surface area contributed by atoms with Crippen LogP contribution in [0.1, 0.15) is 5.69 Å². The van der Waals surface area contributed by atoms with Gasteiger partial charge < -0.3 is 10.1 Å². The van der Waals surface area contributed by atoms with E-state index in [1.54, 1.807) is 0 Å². The summed E-state index contributed by atoms with van der Waals surface area (Å²) in [5, 5.41) is 9.15. The highest BCUT2D eigenvalue weighted by atomic mass is 19.4. The van der Waals surface area contributed by atoms with E-state index in [0.29, 0.717) is 6.07 Å². The van der Waals surface area contributed by atoms with Crippen molar-refractivity contribution in [2.75, 3.05) is 0 Å². The summed E-state index contributed by atoms with van der Waals surface area (Å²) in [6.45, 7) is 0. The van der Waals surface area contributed by atoms with Crippen molar-refractivity contribution >= 4 is 0 Å². The molecule has 0 spiro atoms. The van der Waals surface area contributed by atoms with E-state index in [-0.39, 0.29) is 0 Å². The maximum atomic E-state index is 12.9. The molecule has 0 atom stereocenters. The van der Waals surface area contributed by atoms with E-state index in [2.05, 4.69) is 0 Å². The predicted octanol–water partition coefficient (Wildman–Crippen LogP) is 2.12. The molecule has 1 heterocycles. The van der Waals surface area contributed by atoms with Crippen molar-refractivity contribution in [1.82, 2.24) is 4.98 Å². The SMILES string of the molecule is OC1(c2ccc[nH]2)C(F)(F)C(F)(F)C1(F)F. The van der Waals surface area contributed by atoms with Gasteiger partial charge in [-0.3, -0.25) is 0 Å². The normalized spacial score (nSPS) is 28.4. The largest absolute Gasteiger partial charge is 0.379 e. The Kier molecular flexibility index (Phi) is 1.81. The van der Waals surface area contributed by atoms with Crippen LogP contribution in [0.15, 0.2) is 18.3 Å². The smallest absolute Gasteiger partial charge is 0.373 e. The molecule has 16 heavy (non-hydrogen) atoms. The van der Waals surface area contributed by atoms with Gasteiger partial charge in [0.1, 0.15) is 0 Å². The number of aliphatic hydroxyl groups is 1. The van der Waals surface area contributed by atoms with Crippen molar-refractivity contribution in [2.45, 2.75) is 23.4 Å². The summed E-state index contributed by atoms with van der Waals surface area (Å²) >= 11 is 0. The second-order valence-corrected chi connectivity index (χ2v) is 3.52. The third kappa shape index (κ3) is 0.783. The van der Waals surface area contributed by atoms with Gasteiger partial charge in [-0.1, -0.05) is 0 Å². The van der Waals surface area contributed by atoms with E-state index in [4.69, 9.17) is 5.11 Å². The summed E-state index contributed by atoms with van der Waals surface area (Å²) < 4.78 is 76.7. The average Bonchev–Trinajstić information content (AvgIpc) is 2.67. The van der Waals surface area contributed by atoms with Gasteiger partial charge in [-0.15, -0.1) is 0 Å². The van der Waals surface area contributed by atoms with Gasteiger partial charge in [-0.25, -0.2) is 0 Å². The minimum absolute atomic E-state index is 0.692. The Hall–Kier alpha value is -1.18. The van der Waals surface area contributed by atoms with Crippen LogP contribution in [0.4, 0.5) is 26.3 Å². The summed E-state index contributed by atoms with van der Waals surface area (Å²) in [4.78, 5) is 1.89. The number of nitrogens with one attached hydrogen (secondary N) is 1. The molecule has 1 fully saturated rings. The lowest BCUT2D eigenvalue weighted by atomic mass is 9.66. The maximum Gasteiger partial charge on any atom is 0.379 e. The Labute approximate surface area is 84.9 Å². The number of halogens is 6. The second-order valence-electron chi connectivity index (χ2n) is 3.52. The van der Waals surface area contributed by atoms with Crippen LogP contribution in [0.5, 0.6) is 0 Å². The molecule has 0 saturated heterocycles. The highest BCUT2D eigenvalue weighted by Gasteiger charge is 2.99. The molecule has 1 saturated carbocycles. The third-order valence-corrected chi connectivity index (χ3v) is 2.69. The number of rotatable bonds is 1. The lowest BCUT2D eigenvalue weighted by molar-refractivity contribution is -0.498. The zero-order valence-corrected chi connectivity index (χ0v) is 7.45. The van der Waals surface area contributed by atoms with Crippen molar-refractivity contribution in [1.29, 1.82) is 0 Å². The van der Waals surface area contributed by atoms with E-state index >= 15 is 0 Å². The second kappa shape index (κ2) is 2.55. The molecule has 1 aliphatic rings. The molecule has 1 aromatic heterocycles. The van der Waals surface area contributed by atoms with Crippen molar-refractivity contribution in [3.8, 4) is 0 Å². The molecule has 1 aliphatic carbocycles. The Bertz CT molecular complexity index is 394. The van der Waals surface area contributed by atoms with Crippen LogP contribution in [-0.4, -0.2) is 27.9 Å². The quantitative estimate of drug-likeness (QED) is 0.730. The van der Waals surface area contributed by atoms with Crippen LogP contribution in [0.3, 0.4) is 0 Å². The van der Waals surface area contributed by atoms with Gasteiger partial charge in [0.25, 0.3) is 0 Å². The molecule has 0 bridgehead atoms. The number of hydrogen-bond donors (Lipinski definition) is 2. The number of hydrogen-bond acceptors (Lipinski definition) is 1. The van der Waals surface area contributed by atoms with Gasteiger partial charge in [-0.05, 0) is 12.1 Å².